The van der Waals surface area contributed by atoms with Gasteiger partial charge in [-0.1, -0.05) is 19.9 Å². The van der Waals surface area contributed by atoms with Crippen LogP contribution in [0.2, 0.25) is 0 Å². The Kier molecular flexibility index (Phi) is 3.03. The molecule has 0 atom stereocenters. The molecule has 0 unspecified atom stereocenters. The highest BCUT2D eigenvalue weighted by Crippen LogP contribution is 2.31. The first-order valence-electron chi connectivity index (χ1n) is 6.04. The summed E-state index contributed by atoms with van der Waals surface area (Å²) in [6.45, 7) is 6.88. The van der Waals surface area contributed by atoms with Crippen LogP contribution in [0.4, 0.5) is 11.6 Å². The van der Waals surface area contributed by atoms with Crippen LogP contribution in [0.1, 0.15) is 33.1 Å². The summed E-state index contributed by atoms with van der Waals surface area (Å²) in [4.78, 5) is 6.74. The molecule has 3 heteroatoms. The number of anilines is 2. The Hall–Kier alpha value is -1.25. The molecule has 1 aromatic heterocycles. The van der Waals surface area contributed by atoms with E-state index in [9.17, 15) is 0 Å². The normalized spacial score (nSPS) is 20.5. The minimum absolute atomic E-state index is 0.467. The molecule has 1 aliphatic rings. The summed E-state index contributed by atoms with van der Waals surface area (Å²) in [5, 5.41) is 0. The molecule has 16 heavy (non-hydrogen) atoms. The molecule has 0 saturated carbocycles. The zero-order valence-electron chi connectivity index (χ0n) is 10.2. The largest absolute Gasteiger partial charge is 0.384 e. The van der Waals surface area contributed by atoms with Crippen LogP contribution < -0.4 is 10.6 Å². The summed E-state index contributed by atoms with van der Waals surface area (Å²) >= 11 is 0. The Morgan fingerprint density at radius 2 is 2.06 bits per heavy atom. The third kappa shape index (κ3) is 2.65. The maximum absolute atomic E-state index is 5.72. The zero-order valence-corrected chi connectivity index (χ0v) is 10.2. The van der Waals surface area contributed by atoms with Crippen LogP contribution in [0, 0.1) is 5.41 Å². The molecule has 0 amide bonds. The number of nitrogens with zero attached hydrogens (tertiary/aromatic N) is 2. The number of hydrogen-bond acceptors (Lipinski definition) is 3. The van der Waals surface area contributed by atoms with E-state index in [1.807, 2.05) is 12.1 Å². The van der Waals surface area contributed by atoms with Crippen molar-refractivity contribution in [3.63, 3.8) is 0 Å². The van der Waals surface area contributed by atoms with Gasteiger partial charge in [-0.2, -0.15) is 0 Å². The lowest BCUT2D eigenvalue weighted by molar-refractivity contribution is 0.325. The van der Waals surface area contributed by atoms with Gasteiger partial charge in [0.25, 0.3) is 0 Å². The van der Waals surface area contributed by atoms with Gasteiger partial charge in [0.1, 0.15) is 11.6 Å². The molecular formula is C13H21N3. The van der Waals surface area contributed by atoms with Gasteiger partial charge < -0.3 is 10.6 Å². The van der Waals surface area contributed by atoms with Crippen LogP contribution in [-0.4, -0.2) is 18.1 Å². The van der Waals surface area contributed by atoms with Gasteiger partial charge in [-0.05, 0) is 36.8 Å². The SMILES string of the molecule is CC1(C)CCCN(c2cccc(N)n2)CC1. The van der Waals surface area contributed by atoms with Crippen molar-refractivity contribution >= 4 is 11.6 Å². The summed E-state index contributed by atoms with van der Waals surface area (Å²) in [6.07, 6.45) is 3.76. The predicted octanol–water partition coefficient (Wildman–Crippen LogP) is 2.68. The van der Waals surface area contributed by atoms with E-state index in [2.05, 4.69) is 29.8 Å². The molecule has 88 valence electrons. The molecule has 0 aliphatic carbocycles. The third-order valence-corrected chi connectivity index (χ3v) is 3.42. The van der Waals surface area contributed by atoms with Crippen molar-refractivity contribution in [2.75, 3.05) is 23.7 Å². The summed E-state index contributed by atoms with van der Waals surface area (Å²) in [7, 11) is 0. The molecule has 0 radical (unpaired) electrons. The molecule has 2 heterocycles. The van der Waals surface area contributed by atoms with Crippen molar-refractivity contribution in [1.82, 2.24) is 4.98 Å². The Balaban J connectivity index is 2.11. The highest BCUT2D eigenvalue weighted by atomic mass is 15.2. The Morgan fingerprint density at radius 3 is 2.81 bits per heavy atom. The number of aromatic nitrogens is 1. The van der Waals surface area contributed by atoms with Crippen molar-refractivity contribution in [1.29, 1.82) is 0 Å². The van der Waals surface area contributed by atoms with Crippen molar-refractivity contribution in [3.05, 3.63) is 18.2 Å². The molecule has 2 rings (SSSR count). The molecule has 1 aliphatic heterocycles. The second kappa shape index (κ2) is 4.32. The number of pyridine rings is 1. The fourth-order valence-corrected chi connectivity index (χ4v) is 2.27. The molecule has 1 saturated heterocycles. The molecule has 2 N–H and O–H groups in total. The topological polar surface area (TPSA) is 42.1 Å². The molecule has 1 fully saturated rings. The van der Waals surface area contributed by atoms with Crippen LogP contribution in [0.25, 0.3) is 0 Å². The monoisotopic (exact) mass is 219 g/mol. The Morgan fingerprint density at radius 1 is 1.25 bits per heavy atom. The van der Waals surface area contributed by atoms with E-state index < -0.39 is 0 Å². The smallest absolute Gasteiger partial charge is 0.130 e. The maximum atomic E-state index is 5.72. The molecule has 0 aromatic carbocycles. The van der Waals surface area contributed by atoms with Gasteiger partial charge in [0.15, 0.2) is 0 Å². The van der Waals surface area contributed by atoms with Crippen molar-refractivity contribution < 1.29 is 0 Å². The lowest BCUT2D eigenvalue weighted by Crippen LogP contribution is -2.26. The standard InChI is InChI=1S/C13H21N3/c1-13(2)7-4-9-16(10-8-13)12-6-3-5-11(14)15-12/h3,5-6H,4,7-10H2,1-2H3,(H2,14,15). The zero-order chi connectivity index (χ0) is 11.6. The fraction of sp³-hybridized carbons (Fsp3) is 0.615. The van der Waals surface area contributed by atoms with Crippen LogP contribution in [-0.2, 0) is 0 Å². The second-order valence-corrected chi connectivity index (χ2v) is 5.43. The molecule has 0 spiro atoms. The van der Waals surface area contributed by atoms with Crippen LogP contribution in [0.15, 0.2) is 18.2 Å². The predicted molar refractivity (Wildman–Crippen MR) is 68.5 cm³/mol. The lowest BCUT2D eigenvalue weighted by Gasteiger charge is -2.24. The minimum atomic E-state index is 0.467. The Bertz CT molecular complexity index is 360. The number of rotatable bonds is 1. The van der Waals surface area contributed by atoms with E-state index in [1.165, 1.54) is 19.3 Å². The summed E-state index contributed by atoms with van der Waals surface area (Å²) < 4.78 is 0. The summed E-state index contributed by atoms with van der Waals surface area (Å²) in [6, 6.07) is 5.87. The third-order valence-electron chi connectivity index (χ3n) is 3.42. The highest BCUT2D eigenvalue weighted by Gasteiger charge is 2.23. The van der Waals surface area contributed by atoms with Gasteiger partial charge in [0.2, 0.25) is 0 Å². The molecule has 3 nitrogen and oxygen atoms in total. The van der Waals surface area contributed by atoms with E-state index in [0.29, 0.717) is 11.2 Å². The van der Waals surface area contributed by atoms with E-state index in [4.69, 9.17) is 5.73 Å². The first-order chi connectivity index (χ1) is 7.57. The molecular weight excluding hydrogens is 198 g/mol. The van der Waals surface area contributed by atoms with E-state index in [1.54, 1.807) is 0 Å². The fourth-order valence-electron chi connectivity index (χ4n) is 2.27. The maximum Gasteiger partial charge on any atom is 0.130 e. The average Bonchev–Trinajstić information content (AvgIpc) is 2.39. The number of hydrogen-bond donors (Lipinski definition) is 1. The molecule has 1 aromatic rings. The van der Waals surface area contributed by atoms with Crippen molar-refractivity contribution in [3.8, 4) is 0 Å². The minimum Gasteiger partial charge on any atom is -0.384 e. The van der Waals surface area contributed by atoms with Crippen LogP contribution >= 0.6 is 0 Å². The molecule has 0 bridgehead atoms. The van der Waals surface area contributed by atoms with E-state index in [-0.39, 0.29) is 0 Å². The van der Waals surface area contributed by atoms with Crippen LogP contribution in [0.3, 0.4) is 0 Å². The van der Waals surface area contributed by atoms with Crippen molar-refractivity contribution in [2.45, 2.75) is 33.1 Å². The van der Waals surface area contributed by atoms with Gasteiger partial charge in [-0.25, -0.2) is 4.98 Å². The van der Waals surface area contributed by atoms with E-state index in [0.717, 1.165) is 18.9 Å². The number of nitrogen functional groups attached to an aromatic ring is 1. The van der Waals surface area contributed by atoms with Crippen molar-refractivity contribution in [2.24, 2.45) is 5.41 Å². The second-order valence-electron chi connectivity index (χ2n) is 5.43. The first kappa shape index (κ1) is 11.2. The Labute approximate surface area is 97.7 Å². The van der Waals surface area contributed by atoms with Gasteiger partial charge in [-0.3, -0.25) is 0 Å². The first-order valence-corrected chi connectivity index (χ1v) is 6.04. The summed E-state index contributed by atoms with van der Waals surface area (Å²) in [5.74, 6) is 1.64. The van der Waals surface area contributed by atoms with E-state index >= 15 is 0 Å². The quantitative estimate of drug-likeness (QED) is 0.789. The van der Waals surface area contributed by atoms with Crippen LogP contribution in [0.5, 0.6) is 0 Å². The lowest BCUT2D eigenvalue weighted by atomic mass is 9.85. The van der Waals surface area contributed by atoms with Gasteiger partial charge in [-0.15, -0.1) is 0 Å². The van der Waals surface area contributed by atoms with Gasteiger partial charge in [0, 0.05) is 13.1 Å². The number of nitrogens with two attached hydrogens (primary N) is 1. The van der Waals surface area contributed by atoms with Gasteiger partial charge >= 0.3 is 0 Å². The average molecular weight is 219 g/mol. The highest BCUT2D eigenvalue weighted by molar-refractivity contribution is 5.44. The summed E-state index contributed by atoms with van der Waals surface area (Å²) in [5.41, 5.74) is 6.19. The van der Waals surface area contributed by atoms with Gasteiger partial charge in [0.05, 0.1) is 0 Å².